The molecule has 0 radical (unpaired) electrons. The Bertz CT molecular complexity index is 1020. The zero-order valence-corrected chi connectivity index (χ0v) is 18.2. The lowest BCUT2D eigenvalue weighted by atomic mass is 9.85. The molecule has 0 spiro atoms. The van der Waals surface area contributed by atoms with E-state index in [1.54, 1.807) is 0 Å². The van der Waals surface area contributed by atoms with Crippen LogP contribution in [0.4, 0.5) is 0 Å². The van der Waals surface area contributed by atoms with Crippen LogP contribution < -0.4 is 0 Å². The predicted octanol–water partition coefficient (Wildman–Crippen LogP) is 8.14. The standard InChI is InChI=1S/C19H16.C13H12/c1-4-10-16(11-5-1)19(17-12-6-2-7-13-17)18-14-8-3-9-15-18;1-3-7-12(8-4-1)11-13-9-5-2-6-10-13/h1-15,19H;1-10H,11H2. The molecular formula is C32H28. The number of hydrogen-bond acceptors (Lipinski definition) is 0. The molecule has 5 aromatic carbocycles. The third-order valence-electron chi connectivity index (χ3n) is 5.49. The first kappa shape index (κ1) is 21.3. The van der Waals surface area contributed by atoms with Crippen LogP contribution in [0, 0.1) is 0 Å². The van der Waals surface area contributed by atoms with Crippen LogP contribution in [0.2, 0.25) is 0 Å². The fourth-order valence-corrected chi connectivity index (χ4v) is 3.94. The SMILES string of the molecule is c1ccc(C(c2ccccc2)c2ccccc2)cc1.c1ccc(Cc2ccccc2)cc1. The summed E-state index contributed by atoms with van der Waals surface area (Å²) >= 11 is 0. The van der Waals surface area contributed by atoms with Crippen molar-refractivity contribution in [1.29, 1.82) is 0 Å². The molecule has 156 valence electrons. The summed E-state index contributed by atoms with van der Waals surface area (Å²) in [5.74, 6) is 0.309. The summed E-state index contributed by atoms with van der Waals surface area (Å²) < 4.78 is 0. The summed E-state index contributed by atoms with van der Waals surface area (Å²) in [4.78, 5) is 0. The Kier molecular flexibility index (Phi) is 7.65. The Hall–Kier alpha value is -3.90. The molecule has 5 aromatic rings. The minimum absolute atomic E-state index is 0.309. The minimum Gasteiger partial charge on any atom is -0.0622 e. The van der Waals surface area contributed by atoms with Gasteiger partial charge in [-0.15, -0.1) is 0 Å². The largest absolute Gasteiger partial charge is 0.0622 e. The van der Waals surface area contributed by atoms with Gasteiger partial charge in [-0.3, -0.25) is 0 Å². The normalized spacial score (nSPS) is 10.3. The molecule has 0 amide bonds. The van der Waals surface area contributed by atoms with Crippen molar-refractivity contribution in [2.24, 2.45) is 0 Å². The molecule has 32 heavy (non-hydrogen) atoms. The molecule has 0 heteroatoms. The van der Waals surface area contributed by atoms with Gasteiger partial charge in [0, 0.05) is 5.92 Å². The summed E-state index contributed by atoms with van der Waals surface area (Å²) in [7, 11) is 0. The third kappa shape index (κ3) is 6.06. The summed E-state index contributed by atoms with van der Waals surface area (Å²) in [5, 5.41) is 0. The van der Waals surface area contributed by atoms with Crippen molar-refractivity contribution in [2.75, 3.05) is 0 Å². The molecular weight excluding hydrogens is 384 g/mol. The molecule has 0 saturated carbocycles. The van der Waals surface area contributed by atoms with Gasteiger partial charge in [0.2, 0.25) is 0 Å². The summed E-state index contributed by atoms with van der Waals surface area (Å²) in [6.45, 7) is 0. The highest BCUT2D eigenvalue weighted by molar-refractivity contribution is 5.42. The molecule has 0 bridgehead atoms. The second-order valence-corrected chi connectivity index (χ2v) is 7.81. The maximum Gasteiger partial charge on any atom is 0.0339 e. The average molecular weight is 413 g/mol. The van der Waals surface area contributed by atoms with Crippen LogP contribution in [-0.4, -0.2) is 0 Å². The molecule has 0 atom stereocenters. The molecule has 0 heterocycles. The molecule has 0 nitrogen and oxygen atoms in total. The quantitative estimate of drug-likeness (QED) is 0.256. The molecule has 0 aliphatic heterocycles. The number of rotatable bonds is 5. The van der Waals surface area contributed by atoms with Gasteiger partial charge in [0.1, 0.15) is 0 Å². The smallest absolute Gasteiger partial charge is 0.0339 e. The van der Waals surface area contributed by atoms with E-state index >= 15 is 0 Å². The first-order chi connectivity index (χ1) is 15.9. The lowest BCUT2D eigenvalue weighted by molar-refractivity contribution is 0.977. The van der Waals surface area contributed by atoms with Crippen LogP contribution >= 0.6 is 0 Å². The van der Waals surface area contributed by atoms with Gasteiger partial charge < -0.3 is 0 Å². The van der Waals surface area contributed by atoms with Crippen molar-refractivity contribution in [3.63, 3.8) is 0 Å². The lowest BCUT2D eigenvalue weighted by Gasteiger charge is -2.18. The van der Waals surface area contributed by atoms with Crippen molar-refractivity contribution < 1.29 is 0 Å². The van der Waals surface area contributed by atoms with Crippen LogP contribution in [0.1, 0.15) is 33.7 Å². The highest BCUT2D eigenvalue weighted by Crippen LogP contribution is 2.31. The van der Waals surface area contributed by atoms with Crippen LogP contribution in [0.5, 0.6) is 0 Å². The zero-order chi connectivity index (χ0) is 21.8. The molecule has 0 N–H and O–H groups in total. The molecule has 0 aromatic heterocycles. The fraction of sp³-hybridized carbons (Fsp3) is 0.0625. The second-order valence-electron chi connectivity index (χ2n) is 7.81. The van der Waals surface area contributed by atoms with Gasteiger partial charge in [-0.25, -0.2) is 0 Å². The van der Waals surface area contributed by atoms with E-state index in [-0.39, 0.29) is 0 Å². The molecule has 0 unspecified atom stereocenters. The Morgan fingerprint density at radius 3 is 0.844 bits per heavy atom. The van der Waals surface area contributed by atoms with Gasteiger partial charge in [-0.1, -0.05) is 152 Å². The number of benzene rings is 5. The monoisotopic (exact) mass is 412 g/mol. The molecule has 5 rings (SSSR count). The second kappa shape index (κ2) is 11.5. The van der Waals surface area contributed by atoms with E-state index in [0.717, 1.165) is 6.42 Å². The molecule has 0 aliphatic rings. The van der Waals surface area contributed by atoms with Gasteiger partial charge >= 0.3 is 0 Å². The lowest BCUT2D eigenvalue weighted by Crippen LogP contribution is -2.02. The minimum atomic E-state index is 0.309. The maximum atomic E-state index is 2.20. The van der Waals surface area contributed by atoms with E-state index in [9.17, 15) is 0 Å². The van der Waals surface area contributed by atoms with Crippen molar-refractivity contribution in [3.8, 4) is 0 Å². The van der Waals surface area contributed by atoms with Gasteiger partial charge in [-0.2, -0.15) is 0 Å². The van der Waals surface area contributed by atoms with E-state index in [1.807, 2.05) is 0 Å². The predicted molar refractivity (Wildman–Crippen MR) is 136 cm³/mol. The van der Waals surface area contributed by atoms with E-state index in [0.29, 0.717) is 5.92 Å². The van der Waals surface area contributed by atoms with E-state index in [2.05, 4.69) is 152 Å². The molecule has 0 fully saturated rings. The van der Waals surface area contributed by atoms with Crippen molar-refractivity contribution in [2.45, 2.75) is 12.3 Å². The van der Waals surface area contributed by atoms with Crippen LogP contribution in [0.15, 0.2) is 152 Å². The summed E-state index contributed by atoms with van der Waals surface area (Å²) in [6, 6.07) is 53.1. The van der Waals surface area contributed by atoms with Gasteiger partial charge in [0.15, 0.2) is 0 Å². The highest BCUT2D eigenvalue weighted by Gasteiger charge is 2.15. The van der Waals surface area contributed by atoms with Crippen LogP contribution in [0.25, 0.3) is 0 Å². The Morgan fingerprint density at radius 1 is 0.312 bits per heavy atom. The topological polar surface area (TPSA) is 0 Å². The maximum absolute atomic E-state index is 2.20. The average Bonchev–Trinajstić information content (AvgIpc) is 2.88. The third-order valence-corrected chi connectivity index (χ3v) is 5.49. The first-order valence-corrected chi connectivity index (χ1v) is 11.1. The van der Waals surface area contributed by atoms with Crippen molar-refractivity contribution >= 4 is 0 Å². The molecule has 0 saturated heterocycles. The van der Waals surface area contributed by atoms with E-state index < -0.39 is 0 Å². The summed E-state index contributed by atoms with van der Waals surface area (Å²) in [5.41, 5.74) is 6.74. The first-order valence-electron chi connectivity index (χ1n) is 11.1. The van der Waals surface area contributed by atoms with Crippen LogP contribution in [0.3, 0.4) is 0 Å². The Morgan fingerprint density at radius 2 is 0.562 bits per heavy atom. The van der Waals surface area contributed by atoms with Gasteiger partial charge in [0.25, 0.3) is 0 Å². The Labute approximate surface area is 191 Å². The van der Waals surface area contributed by atoms with Gasteiger partial charge in [-0.05, 0) is 34.2 Å². The number of hydrogen-bond donors (Lipinski definition) is 0. The van der Waals surface area contributed by atoms with Crippen molar-refractivity contribution in [1.82, 2.24) is 0 Å². The Balaban J connectivity index is 0.000000165. The highest BCUT2D eigenvalue weighted by atomic mass is 14.2. The fourth-order valence-electron chi connectivity index (χ4n) is 3.94. The van der Waals surface area contributed by atoms with Crippen LogP contribution in [-0.2, 0) is 6.42 Å². The van der Waals surface area contributed by atoms with E-state index in [1.165, 1.54) is 27.8 Å². The zero-order valence-electron chi connectivity index (χ0n) is 18.2. The van der Waals surface area contributed by atoms with Crippen molar-refractivity contribution in [3.05, 3.63) is 179 Å². The van der Waals surface area contributed by atoms with Gasteiger partial charge in [0.05, 0.1) is 0 Å². The summed E-state index contributed by atoms with van der Waals surface area (Å²) in [6.07, 6.45) is 1.03. The van der Waals surface area contributed by atoms with E-state index in [4.69, 9.17) is 0 Å². The molecule has 0 aliphatic carbocycles.